The van der Waals surface area contributed by atoms with Gasteiger partial charge in [-0.2, -0.15) is 0 Å². The molecule has 0 aromatic carbocycles. The van der Waals surface area contributed by atoms with E-state index < -0.39 is 0 Å². The number of nitrogens with two attached hydrogens (primary N) is 1. The Morgan fingerprint density at radius 2 is 2.36 bits per heavy atom. The summed E-state index contributed by atoms with van der Waals surface area (Å²) < 4.78 is 0. The molecule has 1 aliphatic carbocycles. The van der Waals surface area contributed by atoms with E-state index in [0.717, 1.165) is 6.54 Å². The van der Waals surface area contributed by atoms with Crippen LogP contribution in [0.3, 0.4) is 0 Å². The smallest absolute Gasteiger partial charge is 0.00697 e. The lowest BCUT2D eigenvalue weighted by Gasteiger charge is -2.37. The van der Waals surface area contributed by atoms with Gasteiger partial charge in [0.1, 0.15) is 0 Å². The molecule has 1 fully saturated rings. The van der Waals surface area contributed by atoms with Crippen LogP contribution in [0.15, 0.2) is 0 Å². The lowest BCUT2D eigenvalue weighted by atomic mass is 9.74. The summed E-state index contributed by atoms with van der Waals surface area (Å²) in [6, 6.07) is 0.706. The van der Waals surface area contributed by atoms with Crippen LogP contribution in [-0.4, -0.2) is 19.6 Å². The summed E-state index contributed by atoms with van der Waals surface area (Å²) in [7, 11) is 2.05. The van der Waals surface area contributed by atoms with Gasteiger partial charge >= 0.3 is 0 Å². The van der Waals surface area contributed by atoms with Gasteiger partial charge in [-0.3, -0.25) is 0 Å². The molecule has 1 saturated carbocycles. The first-order valence-electron chi connectivity index (χ1n) is 4.57. The van der Waals surface area contributed by atoms with Gasteiger partial charge in [0.25, 0.3) is 0 Å². The molecule has 2 heteroatoms. The molecule has 66 valence electrons. The summed E-state index contributed by atoms with van der Waals surface area (Å²) >= 11 is 0. The van der Waals surface area contributed by atoms with Crippen LogP contribution < -0.4 is 11.1 Å². The van der Waals surface area contributed by atoms with Crippen molar-refractivity contribution in [1.29, 1.82) is 0 Å². The third-order valence-electron chi connectivity index (χ3n) is 2.97. The maximum absolute atomic E-state index is 5.73. The molecular weight excluding hydrogens is 136 g/mol. The lowest BCUT2D eigenvalue weighted by molar-refractivity contribution is 0.189. The van der Waals surface area contributed by atoms with Gasteiger partial charge in [0.2, 0.25) is 0 Å². The predicted octanol–water partition coefficient (Wildman–Crippen LogP) is 1.11. The number of nitrogens with one attached hydrogen (secondary N) is 1. The molecule has 0 aromatic rings. The molecule has 0 heterocycles. The molecule has 11 heavy (non-hydrogen) atoms. The highest BCUT2D eigenvalue weighted by Gasteiger charge is 2.29. The summed E-state index contributed by atoms with van der Waals surface area (Å²) in [5, 5.41) is 3.34. The van der Waals surface area contributed by atoms with E-state index >= 15 is 0 Å². The Bertz CT molecular complexity index is 125. The van der Waals surface area contributed by atoms with Crippen molar-refractivity contribution < 1.29 is 0 Å². The average Bonchev–Trinajstić information content (AvgIpc) is 2.05. The highest BCUT2D eigenvalue weighted by atomic mass is 14.9. The topological polar surface area (TPSA) is 38.0 Å². The van der Waals surface area contributed by atoms with Crippen LogP contribution >= 0.6 is 0 Å². The van der Waals surface area contributed by atoms with Gasteiger partial charge in [-0.1, -0.05) is 13.3 Å². The van der Waals surface area contributed by atoms with E-state index in [4.69, 9.17) is 5.73 Å². The Balaban J connectivity index is 2.44. The first-order chi connectivity index (χ1) is 5.20. The van der Waals surface area contributed by atoms with Crippen LogP contribution in [0.2, 0.25) is 0 Å². The Labute approximate surface area is 69.5 Å². The van der Waals surface area contributed by atoms with Crippen molar-refractivity contribution in [2.75, 3.05) is 13.6 Å². The van der Waals surface area contributed by atoms with Crippen LogP contribution in [0.4, 0.5) is 0 Å². The van der Waals surface area contributed by atoms with E-state index in [1.54, 1.807) is 0 Å². The largest absolute Gasteiger partial charge is 0.330 e. The van der Waals surface area contributed by atoms with Crippen LogP contribution in [0, 0.1) is 5.41 Å². The first-order valence-corrected chi connectivity index (χ1v) is 4.57. The summed E-state index contributed by atoms with van der Waals surface area (Å²) in [4.78, 5) is 0. The number of hydrogen-bond donors (Lipinski definition) is 2. The fraction of sp³-hybridized carbons (Fsp3) is 1.00. The molecule has 1 rings (SSSR count). The maximum Gasteiger partial charge on any atom is 0.00697 e. The summed E-state index contributed by atoms with van der Waals surface area (Å²) in [5.74, 6) is 0. The second-order valence-corrected chi connectivity index (χ2v) is 4.10. The minimum atomic E-state index is 0.409. The molecule has 0 radical (unpaired) electrons. The molecule has 0 aliphatic heterocycles. The van der Waals surface area contributed by atoms with E-state index in [9.17, 15) is 0 Å². The molecule has 0 bridgehead atoms. The molecule has 2 unspecified atom stereocenters. The molecule has 0 spiro atoms. The Morgan fingerprint density at radius 1 is 1.64 bits per heavy atom. The monoisotopic (exact) mass is 156 g/mol. The van der Waals surface area contributed by atoms with E-state index in [0.29, 0.717) is 11.5 Å². The zero-order chi connectivity index (χ0) is 8.32. The van der Waals surface area contributed by atoms with Gasteiger partial charge in [-0.15, -0.1) is 0 Å². The van der Waals surface area contributed by atoms with Crippen molar-refractivity contribution in [3.05, 3.63) is 0 Å². The molecule has 0 aromatic heterocycles. The molecule has 1 aliphatic rings. The first kappa shape index (κ1) is 9.01. The van der Waals surface area contributed by atoms with E-state index in [1.807, 2.05) is 7.05 Å². The van der Waals surface area contributed by atoms with Crippen LogP contribution in [0.25, 0.3) is 0 Å². The van der Waals surface area contributed by atoms with Crippen LogP contribution in [0.1, 0.15) is 32.6 Å². The fourth-order valence-corrected chi connectivity index (χ4v) is 2.01. The molecule has 0 saturated heterocycles. The lowest BCUT2D eigenvalue weighted by Crippen LogP contribution is -2.40. The quantitative estimate of drug-likeness (QED) is 0.628. The van der Waals surface area contributed by atoms with E-state index in [-0.39, 0.29) is 0 Å². The highest BCUT2D eigenvalue weighted by molar-refractivity contribution is 4.86. The average molecular weight is 156 g/mol. The second kappa shape index (κ2) is 3.55. The normalized spacial score (nSPS) is 39.0. The van der Waals surface area contributed by atoms with E-state index in [1.165, 1.54) is 25.7 Å². The SMILES string of the molecule is CNC1CCCC(C)(CN)C1. The fourth-order valence-electron chi connectivity index (χ4n) is 2.01. The molecule has 2 atom stereocenters. The van der Waals surface area contributed by atoms with Crippen LogP contribution in [0.5, 0.6) is 0 Å². The second-order valence-electron chi connectivity index (χ2n) is 4.10. The standard InChI is InChI=1S/C9H20N2/c1-9(7-10)5-3-4-8(6-9)11-2/h8,11H,3-7,10H2,1-2H3. The van der Waals surface area contributed by atoms with Gasteiger partial charge in [-0.05, 0) is 38.3 Å². The summed E-state index contributed by atoms with van der Waals surface area (Å²) in [5.41, 5.74) is 6.14. The van der Waals surface area contributed by atoms with Crippen molar-refractivity contribution >= 4 is 0 Å². The van der Waals surface area contributed by atoms with Gasteiger partial charge in [0.05, 0.1) is 0 Å². The minimum Gasteiger partial charge on any atom is -0.330 e. The van der Waals surface area contributed by atoms with Crippen molar-refractivity contribution in [3.63, 3.8) is 0 Å². The molecular formula is C9H20N2. The van der Waals surface area contributed by atoms with Crippen molar-refractivity contribution in [3.8, 4) is 0 Å². The number of hydrogen-bond acceptors (Lipinski definition) is 2. The Kier molecular flexibility index (Phi) is 2.90. The van der Waals surface area contributed by atoms with Crippen molar-refractivity contribution in [1.82, 2.24) is 5.32 Å². The molecule has 0 amide bonds. The zero-order valence-electron chi connectivity index (χ0n) is 7.69. The third-order valence-corrected chi connectivity index (χ3v) is 2.97. The summed E-state index contributed by atoms with van der Waals surface area (Å²) in [6.45, 7) is 3.14. The Morgan fingerprint density at radius 3 is 2.91 bits per heavy atom. The van der Waals surface area contributed by atoms with Gasteiger partial charge in [0, 0.05) is 6.04 Å². The predicted molar refractivity (Wildman–Crippen MR) is 48.5 cm³/mol. The van der Waals surface area contributed by atoms with Crippen molar-refractivity contribution in [2.45, 2.75) is 38.6 Å². The van der Waals surface area contributed by atoms with Crippen molar-refractivity contribution in [2.24, 2.45) is 11.1 Å². The van der Waals surface area contributed by atoms with Crippen LogP contribution in [-0.2, 0) is 0 Å². The van der Waals surface area contributed by atoms with Gasteiger partial charge in [0.15, 0.2) is 0 Å². The van der Waals surface area contributed by atoms with Gasteiger partial charge < -0.3 is 11.1 Å². The zero-order valence-corrected chi connectivity index (χ0v) is 7.69. The molecule has 2 nitrogen and oxygen atoms in total. The number of rotatable bonds is 2. The van der Waals surface area contributed by atoms with E-state index in [2.05, 4.69) is 12.2 Å². The Hall–Kier alpha value is -0.0800. The maximum atomic E-state index is 5.73. The third kappa shape index (κ3) is 2.17. The van der Waals surface area contributed by atoms with Gasteiger partial charge in [-0.25, -0.2) is 0 Å². The minimum absolute atomic E-state index is 0.409. The molecule has 3 N–H and O–H groups in total. The highest BCUT2D eigenvalue weighted by Crippen LogP contribution is 2.34. The summed E-state index contributed by atoms with van der Waals surface area (Å²) in [6.07, 6.45) is 5.22.